The van der Waals surface area contributed by atoms with Gasteiger partial charge in [-0.25, -0.2) is 4.98 Å². The predicted molar refractivity (Wildman–Crippen MR) is 60.9 cm³/mol. The van der Waals surface area contributed by atoms with E-state index in [0.29, 0.717) is 17.4 Å². The summed E-state index contributed by atoms with van der Waals surface area (Å²) < 4.78 is 13.0. The molecule has 0 bridgehead atoms. The molecule has 90 valence electrons. The molecule has 1 aliphatic heterocycles. The lowest BCUT2D eigenvalue weighted by Gasteiger charge is -2.17. The van der Waals surface area contributed by atoms with Crippen LogP contribution in [0.25, 0.3) is 0 Å². The fourth-order valence-electron chi connectivity index (χ4n) is 3.12. The topological polar surface area (TPSA) is 33.2 Å². The molecular formula is C13H15FN2O. The van der Waals surface area contributed by atoms with Crippen molar-refractivity contribution in [2.45, 2.75) is 19.3 Å². The molecular weight excluding hydrogens is 219 g/mol. The molecule has 0 spiro atoms. The zero-order valence-electron chi connectivity index (χ0n) is 9.60. The van der Waals surface area contributed by atoms with E-state index in [2.05, 4.69) is 4.98 Å². The van der Waals surface area contributed by atoms with E-state index in [4.69, 9.17) is 0 Å². The van der Waals surface area contributed by atoms with Crippen LogP contribution >= 0.6 is 0 Å². The average molecular weight is 234 g/mol. The number of hydrogen-bond donors (Lipinski definition) is 0. The van der Waals surface area contributed by atoms with Gasteiger partial charge in [-0.15, -0.1) is 0 Å². The first-order valence-corrected chi connectivity index (χ1v) is 6.15. The molecule has 1 aromatic heterocycles. The minimum atomic E-state index is -0.588. The average Bonchev–Trinajstić information content (AvgIpc) is 2.88. The maximum atomic E-state index is 13.0. The van der Waals surface area contributed by atoms with Gasteiger partial charge in [-0.05, 0) is 30.7 Å². The fourth-order valence-corrected chi connectivity index (χ4v) is 3.12. The smallest absolute Gasteiger partial charge is 0.254 e. The van der Waals surface area contributed by atoms with Crippen molar-refractivity contribution in [1.29, 1.82) is 0 Å². The molecule has 1 aromatic rings. The van der Waals surface area contributed by atoms with Crippen LogP contribution in [0.2, 0.25) is 0 Å². The summed E-state index contributed by atoms with van der Waals surface area (Å²) in [7, 11) is 0. The van der Waals surface area contributed by atoms with Crippen LogP contribution in [0.3, 0.4) is 0 Å². The molecule has 3 nitrogen and oxygen atoms in total. The normalized spacial score (nSPS) is 27.2. The maximum Gasteiger partial charge on any atom is 0.254 e. The highest BCUT2D eigenvalue weighted by molar-refractivity contribution is 5.94. The van der Waals surface area contributed by atoms with Crippen LogP contribution in [-0.2, 0) is 0 Å². The van der Waals surface area contributed by atoms with Crippen molar-refractivity contribution in [2.24, 2.45) is 11.8 Å². The summed E-state index contributed by atoms with van der Waals surface area (Å²) >= 11 is 0. The van der Waals surface area contributed by atoms with Crippen molar-refractivity contribution in [1.82, 2.24) is 9.88 Å². The minimum Gasteiger partial charge on any atom is -0.338 e. The van der Waals surface area contributed by atoms with E-state index in [9.17, 15) is 9.18 Å². The van der Waals surface area contributed by atoms with E-state index in [1.165, 1.54) is 31.5 Å². The standard InChI is InChI=1S/C13H15FN2O/c14-12-6-9(4-5-15-12)13(17)16-7-10-2-1-3-11(10)8-16/h4-6,10-11H,1-3,7-8H2. The highest BCUT2D eigenvalue weighted by Gasteiger charge is 2.38. The second-order valence-corrected chi connectivity index (χ2v) is 5.03. The van der Waals surface area contributed by atoms with Crippen molar-refractivity contribution < 1.29 is 9.18 Å². The summed E-state index contributed by atoms with van der Waals surface area (Å²) in [4.78, 5) is 17.5. The lowest BCUT2D eigenvalue weighted by molar-refractivity contribution is 0.0780. The first-order chi connectivity index (χ1) is 8.24. The molecule has 3 rings (SSSR count). The van der Waals surface area contributed by atoms with Crippen LogP contribution in [0.4, 0.5) is 4.39 Å². The molecule has 0 N–H and O–H groups in total. The van der Waals surface area contributed by atoms with Gasteiger partial charge in [0.2, 0.25) is 5.95 Å². The van der Waals surface area contributed by atoms with E-state index < -0.39 is 5.95 Å². The highest BCUT2D eigenvalue weighted by atomic mass is 19.1. The number of nitrogens with zero attached hydrogens (tertiary/aromatic N) is 2. The van der Waals surface area contributed by atoms with Gasteiger partial charge in [0.25, 0.3) is 5.91 Å². The maximum absolute atomic E-state index is 13.0. The lowest BCUT2D eigenvalue weighted by Crippen LogP contribution is -2.29. The molecule has 1 amide bonds. The van der Waals surface area contributed by atoms with Gasteiger partial charge in [-0.3, -0.25) is 4.79 Å². The number of aromatic nitrogens is 1. The SMILES string of the molecule is O=C(c1ccnc(F)c1)N1CC2CCCC2C1. The van der Waals surface area contributed by atoms with E-state index in [1.807, 2.05) is 4.90 Å². The Morgan fingerprint density at radius 3 is 2.71 bits per heavy atom. The minimum absolute atomic E-state index is 0.0549. The quantitative estimate of drug-likeness (QED) is 0.697. The monoisotopic (exact) mass is 234 g/mol. The molecule has 1 aliphatic carbocycles. The van der Waals surface area contributed by atoms with Gasteiger partial charge in [0.1, 0.15) is 0 Å². The van der Waals surface area contributed by atoms with E-state index in [0.717, 1.165) is 13.1 Å². The molecule has 0 radical (unpaired) electrons. The molecule has 17 heavy (non-hydrogen) atoms. The van der Waals surface area contributed by atoms with E-state index in [1.54, 1.807) is 6.07 Å². The van der Waals surface area contributed by atoms with Gasteiger partial charge < -0.3 is 4.90 Å². The summed E-state index contributed by atoms with van der Waals surface area (Å²) in [5.41, 5.74) is 0.414. The Kier molecular flexibility index (Phi) is 2.57. The zero-order valence-corrected chi connectivity index (χ0v) is 9.60. The van der Waals surface area contributed by atoms with Crippen LogP contribution in [0.15, 0.2) is 18.3 Å². The lowest BCUT2D eigenvalue weighted by atomic mass is 10.0. The zero-order chi connectivity index (χ0) is 11.8. The number of hydrogen-bond acceptors (Lipinski definition) is 2. The van der Waals surface area contributed by atoms with Crippen molar-refractivity contribution >= 4 is 5.91 Å². The van der Waals surface area contributed by atoms with Gasteiger partial charge in [0, 0.05) is 30.9 Å². The van der Waals surface area contributed by atoms with Crippen LogP contribution in [0.5, 0.6) is 0 Å². The molecule has 2 unspecified atom stereocenters. The fraction of sp³-hybridized carbons (Fsp3) is 0.538. The Morgan fingerprint density at radius 1 is 1.35 bits per heavy atom. The molecule has 4 heteroatoms. The summed E-state index contributed by atoms with van der Waals surface area (Å²) in [5, 5.41) is 0. The molecule has 2 heterocycles. The molecule has 1 saturated heterocycles. The number of fused-ring (bicyclic) bond motifs is 1. The third-order valence-electron chi connectivity index (χ3n) is 3.99. The van der Waals surface area contributed by atoms with Crippen LogP contribution < -0.4 is 0 Å². The molecule has 1 saturated carbocycles. The molecule has 0 aromatic carbocycles. The first-order valence-electron chi connectivity index (χ1n) is 6.15. The van der Waals surface area contributed by atoms with Gasteiger partial charge in [0.15, 0.2) is 0 Å². The van der Waals surface area contributed by atoms with Crippen molar-refractivity contribution in [3.8, 4) is 0 Å². The van der Waals surface area contributed by atoms with E-state index in [-0.39, 0.29) is 5.91 Å². The van der Waals surface area contributed by atoms with Gasteiger partial charge >= 0.3 is 0 Å². The summed E-state index contributed by atoms with van der Waals surface area (Å²) in [6.07, 6.45) is 5.11. The van der Waals surface area contributed by atoms with Crippen molar-refractivity contribution in [2.75, 3.05) is 13.1 Å². The predicted octanol–water partition coefficient (Wildman–Crippen LogP) is 2.09. The molecule has 2 atom stereocenters. The number of amides is 1. The van der Waals surface area contributed by atoms with Gasteiger partial charge in [-0.2, -0.15) is 4.39 Å². The van der Waals surface area contributed by atoms with Gasteiger partial charge in [-0.1, -0.05) is 6.42 Å². The number of carbonyl (C=O) groups excluding carboxylic acids is 1. The second kappa shape index (κ2) is 4.09. The van der Waals surface area contributed by atoms with Crippen molar-refractivity contribution in [3.63, 3.8) is 0 Å². The summed E-state index contributed by atoms with van der Waals surface area (Å²) in [6, 6.07) is 2.80. The Morgan fingerprint density at radius 2 is 2.06 bits per heavy atom. The van der Waals surface area contributed by atoms with Crippen molar-refractivity contribution in [3.05, 3.63) is 29.8 Å². The number of rotatable bonds is 1. The highest BCUT2D eigenvalue weighted by Crippen LogP contribution is 2.38. The van der Waals surface area contributed by atoms with Crippen LogP contribution in [0.1, 0.15) is 29.6 Å². The Bertz CT molecular complexity index is 437. The summed E-state index contributed by atoms with van der Waals surface area (Å²) in [5.74, 6) is 0.701. The molecule has 2 fully saturated rings. The third-order valence-corrected chi connectivity index (χ3v) is 3.99. The number of pyridine rings is 1. The van der Waals surface area contributed by atoms with E-state index >= 15 is 0 Å². The molecule has 2 aliphatic rings. The Labute approximate surface area is 99.6 Å². The third kappa shape index (κ3) is 1.92. The number of likely N-dealkylation sites (tertiary alicyclic amines) is 1. The summed E-state index contributed by atoms with van der Waals surface area (Å²) in [6.45, 7) is 1.68. The van der Waals surface area contributed by atoms with Crippen LogP contribution in [-0.4, -0.2) is 28.9 Å². The number of halogens is 1. The van der Waals surface area contributed by atoms with Gasteiger partial charge in [0.05, 0.1) is 0 Å². The first kappa shape index (κ1) is 10.7. The number of carbonyl (C=O) groups is 1. The Hall–Kier alpha value is -1.45. The Balaban J connectivity index is 1.75. The second-order valence-electron chi connectivity index (χ2n) is 5.03. The van der Waals surface area contributed by atoms with Crippen LogP contribution in [0, 0.1) is 17.8 Å². The largest absolute Gasteiger partial charge is 0.338 e.